The number of carbonyl (C=O) groups is 2. The smallest absolute Gasteiger partial charge is 0.253 e. The molecule has 2 saturated heterocycles. The largest absolute Gasteiger partial charge is 0.491 e. The quantitative estimate of drug-likeness (QED) is 0.685. The summed E-state index contributed by atoms with van der Waals surface area (Å²) in [5.41, 5.74) is 0.667. The Morgan fingerprint density at radius 2 is 1.63 bits per heavy atom. The summed E-state index contributed by atoms with van der Waals surface area (Å²) in [6.45, 7) is 3.86. The second-order valence-corrected chi connectivity index (χ2v) is 8.83. The third-order valence-corrected chi connectivity index (χ3v) is 6.72. The molecule has 0 aromatic heterocycles. The molecule has 4 rings (SSSR count). The summed E-state index contributed by atoms with van der Waals surface area (Å²) in [5, 5.41) is 0. The zero-order chi connectivity index (χ0) is 20.8. The van der Waals surface area contributed by atoms with E-state index < -0.39 is 0 Å². The first-order chi connectivity index (χ1) is 14.7. The summed E-state index contributed by atoms with van der Waals surface area (Å²) in [5.74, 6) is 1.79. The molecular weight excluding hydrogens is 380 g/mol. The SMILES string of the molecule is O=C(CCC1CCCC1)N1CCN(C(=O)c2ccc(OC[C@H]3CCCO3)cc2)CC1. The second kappa shape index (κ2) is 10.3. The van der Waals surface area contributed by atoms with E-state index in [0.717, 1.165) is 37.5 Å². The summed E-state index contributed by atoms with van der Waals surface area (Å²) in [6, 6.07) is 7.36. The maximum absolute atomic E-state index is 12.8. The van der Waals surface area contributed by atoms with Gasteiger partial charge >= 0.3 is 0 Å². The number of ether oxygens (including phenoxy) is 2. The van der Waals surface area contributed by atoms with Gasteiger partial charge in [0, 0.05) is 44.8 Å². The van der Waals surface area contributed by atoms with Crippen LogP contribution in [-0.2, 0) is 9.53 Å². The van der Waals surface area contributed by atoms with E-state index >= 15 is 0 Å². The molecule has 1 saturated carbocycles. The van der Waals surface area contributed by atoms with E-state index in [1.807, 2.05) is 34.1 Å². The highest BCUT2D eigenvalue weighted by Crippen LogP contribution is 2.28. The summed E-state index contributed by atoms with van der Waals surface area (Å²) in [4.78, 5) is 29.1. The molecule has 2 amide bonds. The van der Waals surface area contributed by atoms with Gasteiger partial charge in [0.2, 0.25) is 5.91 Å². The van der Waals surface area contributed by atoms with E-state index in [1.54, 1.807) is 0 Å². The van der Waals surface area contributed by atoms with Crippen molar-refractivity contribution in [1.82, 2.24) is 9.80 Å². The van der Waals surface area contributed by atoms with Crippen molar-refractivity contribution in [3.63, 3.8) is 0 Å². The molecule has 0 spiro atoms. The highest BCUT2D eigenvalue weighted by atomic mass is 16.5. The van der Waals surface area contributed by atoms with Crippen molar-refractivity contribution in [2.45, 2.75) is 57.5 Å². The van der Waals surface area contributed by atoms with Gasteiger partial charge in [-0.2, -0.15) is 0 Å². The van der Waals surface area contributed by atoms with Crippen LogP contribution in [0.3, 0.4) is 0 Å². The molecule has 0 unspecified atom stereocenters. The van der Waals surface area contributed by atoms with Crippen molar-refractivity contribution in [3.05, 3.63) is 29.8 Å². The van der Waals surface area contributed by atoms with Gasteiger partial charge in [-0.15, -0.1) is 0 Å². The lowest BCUT2D eigenvalue weighted by atomic mass is 10.0. The highest BCUT2D eigenvalue weighted by molar-refractivity contribution is 5.94. The maximum Gasteiger partial charge on any atom is 0.253 e. The fraction of sp³-hybridized carbons (Fsp3) is 0.667. The Kier molecular flexibility index (Phi) is 7.26. The van der Waals surface area contributed by atoms with Crippen LogP contribution < -0.4 is 4.74 Å². The molecule has 0 N–H and O–H groups in total. The van der Waals surface area contributed by atoms with E-state index in [-0.39, 0.29) is 17.9 Å². The van der Waals surface area contributed by atoms with Crippen LogP contribution in [0.25, 0.3) is 0 Å². The Bertz CT molecular complexity index is 700. The molecule has 3 aliphatic rings. The number of amides is 2. The normalized spacial score (nSPS) is 22.5. The minimum Gasteiger partial charge on any atom is -0.491 e. The Morgan fingerprint density at radius 1 is 0.933 bits per heavy atom. The summed E-state index contributed by atoms with van der Waals surface area (Å²) in [6.07, 6.45) is 9.23. The van der Waals surface area contributed by atoms with Gasteiger partial charge in [0.15, 0.2) is 0 Å². The number of benzene rings is 1. The predicted molar refractivity (Wildman–Crippen MR) is 115 cm³/mol. The van der Waals surface area contributed by atoms with E-state index in [1.165, 1.54) is 25.7 Å². The molecular formula is C24H34N2O4. The van der Waals surface area contributed by atoms with Gasteiger partial charge in [-0.3, -0.25) is 9.59 Å². The van der Waals surface area contributed by atoms with Crippen LogP contribution in [0.1, 0.15) is 61.7 Å². The van der Waals surface area contributed by atoms with Gasteiger partial charge < -0.3 is 19.3 Å². The zero-order valence-electron chi connectivity index (χ0n) is 17.9. The van der Waals surface area contributed by atoms with Gasteiger partial charge in [-0.1, -0.05) is 25.7 Å². The lowest BCUT2D eigenvalue weighted by Crippen LogP contribution is -2.50. The summed E-state index contributed by atoms with van der Waals surface area (Å²) in [7, 11) is 0. The predicted octanol–water partition coefficient (Wildman–Crippen LogP) is 3.50. The number of hydrogen-bond acceptors (Lipinski definition) is 4. The lowest BCUT2D eigenvalue weighted by Gasteiger charge is -2.35. The van der Waals surface area contributed by atoms with Crippen LogP contribution in [0.15, 0.2) is 24.3 Å². The van der Waals surface area contributed by atoms with Crippen molar-refractivity contribution >= 4 is 11.8 Å². The van der Waals surface area contributed by atoms with Crippen molar-refractivity contribution in [3.8, 4) is 5.75 Å². The van der Waals surface area contributed by atoms with Crippen LogP contribution >= 0.6 is 0 Å². The fourth-order valence-electron chi connectivity index (χ4n) is 4.78. The minimum atomic E-state index is 0.0266. The first-order valence-corrected chi connectivity index (χ1v) is 11.6. The topological polar surface area (TPSA) is 59.1 Å². The first kappa shape index (κ1) is 21.2. The standard InChI is InChI=1S/C24H34N2O4/c27-23(12-7-19-4-1-2-5-19)25-13-15-26(16-14-25)24(28)20-8-10-21(11-9-20)30-18-22-6-3-17-29-22/h8-11,19,22H,1-7,12-18H2/t22-/m1/s1. The van der Waals surface area contributed by atoms with E-state index in [2.05, 4.69) is 0 Å². The Morgan fingerprint density at radius 3 is 2.30 bits per heavy atom. The average Bonchev–Trinajstić information content (AvgIpc) is 3.50. The number of rotatable bonds is 7. The molecule has 3 fully saturated rings. The molecule has 1 aromatic rings. The zero-order valence-corrected chi connectivity index (χ0v) is 17.9. The van der Waals surface area contributed by atoms with Crippen molar-refractivity contribution in [2.75, 3.05) is 39.4 Å². The van der Waals surface area contributed by atoms with Gasteiger partial charge in [0.1, 0.15) is 12.4 Å². The van der Waals surface area contributed by atoms with Gasteiger partial charge in [0.05, 0.1) is 6.10 Å². The number of nitrogens with zero attached hydrogens (tertiary/aromatic N) is 2. The molecule has 6 heteroatoms. The van der Waals surface area contributed by atoms with Crippen LogP contribution in [0.4, 0.5) is 0 Å². The van der Waals surface area contributed by atoms with Crippen LogP contribution in [0.2, 0.25) is 0 Å². The first-order valence-electron chi connectivity index (χ1n) is 11.6. The molecule has 6 nitrogen and oxygen atoms in total. The monoisotopic (exact) mass is 414 g/mol. The van der Waals surface area contributed by atoms with E-state index in [0.29, 0.717) is 44.8 Å². The maximum atomic E-state index is 12.8. The van der Waals surface area contributed by atoms with Crippen LogP contribution in [0.5, 0.6) is 5.75 Å². The molecule has 2 heterocycles. The van der Waals surface area contributed by atoms with Crippen molar-refractivity contribution in [2.24, 2.45) is 5.92 Å². The second-order valence-electron chi connectivity index (χ2n) is 8.83. The lowest BCUT2D eigenvalue weighted by molar-refractivity contribution is -0.133. The third kappa shape index (κ3) is 5.54. The molecule has 1 aliphatic carbocycles. The average molecular weight is 415 g/mol. The number of piperazine rings is 1. The van der Waals surface area contributed by atoms with Gasteiger partial charge in [-0.05, 0) is 49.4 Å². The third-order valence-electron chi connectivity index (χ3n) is 6.72. The Hall–Kier alpha value is -2.08. The molecule has 30 heavy (non-hydrogen) atoms. The molecule has 1 aromatic carbocycles. The Labute approximate surface area is 179 Å². The molecule has 1 atom stereocenters. The van der Waals surface area contributed by atoms with E-state index in [9.17, 15) is 9.59 Å². The minimum absolute atomic E-state index is 0.0266. The molecule has 2 aliphatic heterocycles. The summed E-state index contributed by atoms with van der Waals surface area (Å²) >= 11 is 0. The highest BCUT2D eigenvalue weighted by Gasteiger charge is 2.26. The van der Waals surface area contributed by atoms with Gasteiger partial charge in [0.25, 0.3) is 5.91 Å². The Balaban J connectivity index is 1.20. The summed E-state index contributed by atoms with van der Waals surface area (Å²) < 4.78 is 11.3. The van der Waals surface area contributed by atoms with Crippen LogP contribution in [0, 0.1) is 5.92 Å². The van der Waals surface area contributed by atoms with E-state index in [4.69, 9.17) is 9.47 Å². The fourth-order valence-corrected chi connectivity index (χ4v) is 4.78. The number of hydrogen-bond donors (Lipinski definition) is 0. The van der Waals surface area contributed by atoms with Gasteiger partial charge in [-0.25, -0.2) is 0 Å². The molecule has 0 radical (unpaired) electrons. The number of carbonyl (C=O) groups excluding carboxylic acids is 2. The van der Waals surface area contributed by atoms with Crippen LogP contribution in [-0.4, -0.2) is 67.1 Å². The van der Waals surface area contributed by atoms with Crippen molar-refractivity contribution in [1.29, 1.82) is 0 Å². The van der Waals surface area contributed by atoms with Crippen molar-refractivity contribution < 1.29 is 19.1 Å². The molecule has 164 valence electrons. The molecule has 0 bridgehead atoms.